The standard InChI is InChI=1S/C12H12FN3O2/c1-7-10(12(17)18-3)11(15-16(7)2)9-5-4-8(13)6-14-9/h4-6H,1-3H3. The molecule has 0 radical (unpaired) electrons. The van der Waals surface area contributed by atoms with Crippen LogP contribution in [-0.2, 0) is 11.8 Å². The quantitative estimate of drug-likeness (QED) is 0.760. The second kappa shape index (κ2) is 4.56. The van der Waals surface area contributed by atoms with E-state index >= 15 is 0 Å². The van der Waals surface area contributed by atoms with Gasteiger partial charge in [0.15, 0.2) is 0 Å². The first-order chi connectivity index (χ1) is 8.54. The number of nitrogens with zero attached hydrogens (tertiary/aromatic N) is 3. The summed E-state index contributed by atoms with van der Waals surface area (Å²) in [6, 6.07) is 2.75. The third-order valence-corrected chi connectivity index (χ3v) is 2.69. The van der Waals surface area contributed by atoms with Crippen molar-refractivity contribution < 1.29 is 13.9 Å². The average Bonchev–Trinajstić information content (AvgIpc) is 2.66. The molecule has 0 atom stereocenters. The highest BCUT2D eigenvalue weighted by molar-refractivity contribution is 5.96. The third kappa shape index (κ3) is 1.97. The van der Waals surface area contributed by atoms with Crippen LogP contribution in [0.25, 0.3) is 11.4 Å². The molecule has 0 amide bonds. The minimum absolute atomic E-state index is 0.346. The zero-order valence-corrected chi connectivity index (χ0v) is 10.3. The van der Waals surface area contributed by atoms with E-state index in [2.05, 4.69) is 10.1 Å². The van der Waals surface area contributed by atoms with E-state index in [0.717, 1.165) is 6.20 Å². The summed E-state index contributed by atoms with van der Waals surface area (Å²) in [5, 5.41) is 4.21. The first-order valence-corrected chi connectivity index (χ1v) is 5.28. The molecule has 0 saturated carbocycles. The smallest absolute Gasteiger partial charge is 0.342 e. The molecule has 2 heterocycles. The number of hydrogen-bond donors (Lipinski definition) is 0. The first kappa shape index (κ1) is 12.2. The number of halogens is 1. The van der Waals surface area contributed by atoms with E-state index in [-0.39, 0.29) is 0 Å². The number of rotatable bonds is 2. The molecule has 0 saturated heterocycles. The fraction of sp³-hybridized carbons (Fsp3) is 0.250. The molecule has 0 unspecified atom stereocenters. The second-order valence-corrected chi connectivity index (χ2v) is 3.79. The minimum Gasteiger partial charge on any atom is -0.465 e. The lowest BCUT2D eigenvalue weighted by Gasteiger charge is -2.01. The second-order valence-electron chi connectivity index (χ2n) is 3.79. The maximum Gasteiger partial charge on any atom is 0.342 e. The molecule has 0 aliphatic rings. The van der Waals surface area contributed by atoms with E-state index in [1.807, 2.05) is 0 Å². The summed E-state index contributed by atoms with van der Waals surface area (Å²) in [5.41, 5.74) is 1.84. The Labute approximate surface area is 103 Å². The van der Waals surface area contributed by atoms with Crippen LogP contribution in [0.4, 0.5) is 4.39 Å². The van der Waals surface area contributed by atoms with Gasteiger partial charge in [-0.3, -0.25) is 9.67 Å². The molecule has 0 bridgehead atoms. The Hall–Kier alpha value is -2.24. The molecule has 18 heavy (non-hydrogen) atoms. The highest BCUT2D eigenvalue weighted by Crippen LogP contribution is 2.23. The van der Waals surface area contributed by atoms with Gasteiger partial charge in [-0.1, -0.05) is 0 Å². The minimum atomic E-state index is -0.485. The zero-order chi connectivity index (χ0) is 13.3. The molecule has 0 N–H and O–H groups in total. The fourth-order valence-electron chi connectivity index (χ4n) is 1.65. The topological polar surface area (TPSA) is 57.0 Å². The molecule has 0 fully saturated rings. The van der Waals surface area contributed by atoms with Gasteiger partial charge in [-0.2, -0.15) is 5.10 Å². The molecule has 2 aromatic rings. The van der Waals surface area contributed by atoms with Crippen molar-refractivity contribution in [2.24, 2.45) is 7.05 Å². The molecule has 6 heteroatoms. The largest absolute Gasteiger partial charge is 0.465 e. The van der Waals surface area contributed by atoms with Crippen molar-refractivity contribution in [3.8, 4) is 11.4 Å². The predicted molar refractivity (Wildman–Crippen MR) is 62.5 cm³/mol. The van der Waals surface area contributed by atoms with E-state index in [9.17, 15) is 9.18 Å². The van der Waals surface area contributed by atoms with Gasteiger partial charge in [0.05, 0.1) is 24.7 Å². The molecular weight excluding hydrogens is 237 g/mol. The van der Waals surface area contributed by atoms with Crippen LogP contribution < -0.4 is 0 Å². The third-order valence-electron chi connectivity index (χ3n) is 2.69. The summed E-state index contributed by atoms with van der Waals surface area (Å²) in [6.45, 7) is 1.76. The highest BCUT2D eigenvalue weighted by atomic mass is 19.1. The zero-order valence-electron chi connectivity index (χ0n) is 10.3. The van der Waals surface area contributed by atoms with E-state index in [1.54, 1.807) is 18.7 Å². The summed E-state index contributed by atoms with van der Waals surface area (Å²) in [5.74, 6) is -0.923. The van der Waals surface area contributed by atoms with Gasteiger partial charge in [-0.15, -0.1) is 0 Å². The molecule has 2 aromatic heterocycles. The van der Waals surface area contributed by atoms with Crippen LogP contribution in [0.1, 0.15) is 16.1 Å². The Morgan fingerprint density at radius 2 is 2.17 bits per heavy atom. The van der Waals surface area contributed by atoms with Gasteiger partial charge in [0, 0.05) is 7.05 Å². The first-order valence-electron chi connectivity index (χ1n) is 5.28. The molecular formula is C12H12FN3O2. The van der Waals surface area contributed by atoms with Crippen molar-refractivity contribution in [2.75, 3.05) is 7.11 Å². The fourth-order valence-corrected chi connectivity index (χ4v) is 1.65. The summed E-state index contributed by atoms with van der Waals surface area (Å²) in [6.07, 6.45) is 1.08. The summed E-state index contributed by atoms with van der Waals surface area (Å²) in [4.78, 5) is 15.7. The van der Waals surface area contributed by atoms with E-state index in [1.165, 1.54) is 19.2 Å². The molecule has 0 aromatic carbocycles. The number of carbonyl (C=O) groups is 1. The van der Waals surface area contributed by atoms with E-state index in [0.29, 0.717) is 22.6 Å². The van der Waals surface area contributed by atoms with Crippen molar-refractivity contribution in [1.82, 2.24) is 14.8 Å². The molecule has 0 aliphatic heterocycles. The lowest BCUT2D eigenvalue weighted by molar-refractivity contribution is 0.0600. The van der Waals surface area contributed by atoms with Crippen molar-refractivity contribution in [3.05, 3.63) is 35.4 Å². The van der Waals surface area contributed by atoms with Crippen molar-refractivity contribution >= 4 is 5.97 Å². The van der Waals surface area contributed by atoms with Crippen LogP contribution in [0.15, 0.2) is 18.3 Å². The maximum atomic E-state index is 12.8. The number of esters is 1. The Morgan fingerprint density at radius 3 is 2.72 bits per heavy atom. The van der Waals surface area contributed by atoms with Crippen LogP contribution >= 0.6 is 0 Å². The lowest BCUT2D eigenvalue weighted by atomic mass is 10.1. The van der Waals surface area contributed by atoms with Gasteiger partial charge in [-0.05, 0) is 19.1 Å². The Bertz CT molecular complexity index is 590. The Balaban J connectivity index is 2.60. The van der Waals surface area contributed by atoms with Gasteiger partial charge in [0.25, 0.3) is 0 Å². The number of ether oxygens (including phenoxy) is 1. The predicted octanol–water partition coefficient (Wildman–Crippen LogP) is 1.72. The van der Waals surface area contributed by atoms with Crippen LogP contribution in [0.3, 0.4) is 0 Å². The molecule has 2 rings (SSSR count). The number of methoxy groups -OCH3 is 1. The molecule has 0 aliphatic carbocycles. The number of aromatic nitrogens is 3. The van der Waals surface area contributed by atoms with E-state index < -0.39 is 11.8 Å². The monoisotopic (exact) mass is 249 g/mol. The number of aryl methyl sites for hydroxylation is 1. The van der Waals surface area contributed by atoms with E-state index in [4.69, 9.17) is 4.74 Å². The maximum absolute atomic E-state index is 12.8. The van der Waals surface area contributed by atoms with Gasteiger partial charge < -0.3 is 4.74 Å². The number of hydrogen-bond acceptors (Lipinski definition) is 4. The Morgan fingerprint density at radius 1 is 1.44 bits per heavy atom. The summed E-state index contributed by atoms with van der Waals surface area (Å²) >= 11 is 0. The number of pyridine rings is 1. The molecule has 94 valence electrons. The van der Waals surface area contributed by atoms with Crippen LogP contribution in [0.5, 0.6) is 0 Å². The normalized spacial score (nSPS) is 10.4. The molecule has 0 spiro atoms. The van der Waals surface area contributed by atoms with Crippen LogP contribution in [0.2, 0.25) is 0 Å². The van der Waals surface area contributed by atoms with Crippen molar-refractivity contribution in [2.45, 2.75) is 6.92 Å². The van der Waals surface area contributed by atoms with Gasteiger partial charge >= 0.3 is 5.97 Å². The van der Waals surface area contributed by atoms with Crippen molar-refractivity contribution in [1.29, 1.82) is 0 Å². The molecule has 5 nitrogen and oxygen atoms in total. The summed E-state index contributed by atoms with van der Waals surface area (Å²) in [7, 11) is 3.02. The Kier molecular flexibility index (Phi) is 3.10. The van der Waals surface area contributed by atoms with Gasteiger partial charge in [0.2, 0.25) is 0 Å². The van der Waals surface area contributed by atoms with Crippen molar-refractivity contribution in [3.63, 3.8) is 0 Å². The highest BCUT2D eigenvalue weighted by Gasteiger charge is 2.22. The lowest BCUT2D eigenvalue weighted by Crippen LogP contribution is -2.05. The average molecular weight is 249 g/mol. The summed E-state index contributed by atoms with van der Waals surface area (Å²) < 4.78 is 19.1. The van der Waals surface area contributed by atoms with Crippen LogP contribution in [0, 0.1) is 12.7 Å². The number of carbonyl (C=O) groups excluding carboxylic acids is 1. The van der Waals surface area contributed by atoms with Gasteiger partial charge in [-0.25, -0.2) is 9.18 Å². The SMILES string of the molecule is COC(=O)c1c(-c2ccc(F)cn2)nn(C)c1C. The van der Waals surface area contributed by atoms with Gasteiger partial charge in [0.1, 0.15) is 17.1 Å². The van der Waals surface area contributed by atoms with Crippen LogP contribution in [-0.4, -0.2) is 27.8 Å².